The molecule has 2 N–H and O–H groups in total. The molecular weight excluding hydrogens is 219 g/mol. The van der Waals surface area contributed by atoms with E-state index in [1.165, 1.54) is 6.92 Å². The van der Waals surface area contributed by atoms with Crippen LogP contribution in [0.15, 0.2) is 24.3 Å². The average molecular weight is 238 g/mol. The van der Waals surface area contributed by atoms with Crippen LogP contribution < -0.4 is 10.2 Å². The quantitative estimate of drug-likeness (QED) is 0.832. The summed E-state index contributed by atoms with van der Waals surface area (Å²) in [6.07, 6.45) is 0. The van der Waals surface area contributed by atoms with Crippen molar-refractivity contribution >= 4 is 5.69 Å². The van der Waals surface area contributed by atoms with Gasteiger partial charge in [-0.15, -0.1) is 0 Å². The van der Waals surface area contributed by atoms with E-state index in [1.807, 2.05) is 12.1 Å². The molecule has 1 aliphatic rings. The topological polar surface area (TPSA) is 35.5 Å². The van der Waals surface area contributed by atoms with Crippen molar-refractivity contribution in [2.45, 2.75) is 12.5 Å². The van der Waals surface area contributed by atoms with Crippen molar-refractivity contribution in [2.24, 2.45) is 0 Å². The number of nitrogens with one attached hydrogen (secondary N) is 1. The first-order valence-electron chi connectivity index (χ1n) is 5.98. The Kier molecular flexibility index (Phi) is 3.64. The molecule has 0 aromatic heterocycles. The first-order valence-corrected chi connectivity index (χ1v) is 5.98. The van der Waals surface area contributed by atoms with Crippen LogP contribution in [0.25, 0.3) is 0 Å². The lowest BCUT2D eigenvalue weighted by Gasteiger charge is -2.30. The molecule has 1 unspecified atom stereocenters. The Hall–Kier alpha value is -1.13. The molecule has 0 amide bonds. The second kappa shape index (κ2) is 5.02. The van der Waals surface area contributed by atoms with Gasteiger partial charge in [0.1, 0.15) is 12.3 Å². The molecule has 0 radical (unpaired) electrons. The molecule has 0 bridgehead atoms. The fraction of sp³-hybridized carbons (Fsp3) is 0.538. The van der Waals surface area contributed by atoms with Gasteiger partial charge in [0.15, 0.2) is 0 Å². The molecule has 0 aliphatic carbocycles. The third kappa shape index (κ3) is 2.76. The number of benzene rings is 1. The van der Waals surface area contributed by atoms with Crippen molar-refractivity contribution in [3.8, 4) is 0 Å². The highest BCUT2D eigenvalue weighted by molar-refractivity contribution is 5.48. The van der Waals surface area contributed by atoms with E-state index in [-0.39, 0.29) is 0 Å². The normalized spacial score (nSPS) is 20.1. The molecule has 94 valence electrons. The van der Waals surface area contributed by atoms with Crippen LogP contribution in [0.1, 0.15) is 12.5 Å². The molecule has 1 atom stereocenters. The highest BCUT2D eigenvalue weighted by Crippen LogP contribution is 2.24. The number of anilines is 1. The zero-order valence-electron chi connectivity index (χ0n) is 10.1. The molecule has 1 aromatic carbocycles. The van der Waals surface area contributed by atoms with Gasteiger partial charge in [0.2, 0.25) is 0 Å². The van der Waals surface area contributed by atoms with Crippen LogP contribution in [0, 0.1) is 0 Å². The van der Waals surface area contributed by atoms with Gasteiger partial charge >= 0.3 is 0 Å². The summed E-state index contributed by atoms with van der Waals surface area (Å²) in [5, 5.41) is 13.1. The second-order valence-electron chi connectivity index (χ2n) is 4.69. The molecule has 17 heavy (non-hydrogen) atoms. The highest BCUT2D eigenvalue weighted by atomic mass is 19.1. The fourth-order valence-corrected chi connectivity index (χ4v) is 2.03. The van der Waals surface area contributed by atoms with Gasteiger partial charge in [0.05, 0.1) is 0 Å². The minimum Gasteiger partial charge on any atom is -0.383 e. The van der Waals surface area contributed by atoms with Crippen LogP contribution >= 0.6 is 0 Å². The second-order valence-corrected chi connectivity index (χ2v) is 4.69. The molecule has 0 saturated carbocycles. The lowest BCUT2D eigenvalue weighted by molar-refractivity contribution is 0.0300. The highest BCUT2D eigenvalue weighted by Gasteiger charge is 2.22. The third-order valence-corrected chi connectivity index (χ3v) is 3.23. The lowest BCUT2D eigenvalue weighted by Crippen LogP contribution is -2.43. The van der Waals surface area contributed by atoms with Crippen molar-refractivity contribution in [1.82, 2.24) is 5.32 Å². The first-order chi connectivity index (χ1) is 8.13. The number of piperazine rings is 1. The standard InChI is InChI=1S/C13H19FN2O/c1-13(17,10-14)11-2-4-12(5-3-11)16-8-6-15-7-9-16/h2-5,15,17H,6-10H2,1H3. The Morgan fingerprint density at radius 3 is 2.41 bits per heavy atom. The number of nitrogens with zero attached hydrogens (tertiary/aromatic N) is 1. The van der Waals surface area contributed by atoms with Crippen molar-refractivity contribution in [3.63, 3.8) is 0 Å². The van der Waals surface area contributed by atoms with Crippen LogP contribution in [0.2, 0.25) is 0 Å². The van der Waals surface area contributed by atoms with Gasteiger partial charge in [-0.05, 0) is 24.6 Å². The predicted molar refractivity (Wildman–Crippen MR) is 67.1 cm³/mol. The van der Waals surface area contributed by atoms with Crippen LogP contribution in [-0.2, 0) is 5.60 Å². The number of halogens is 1. The predicted octanol–water partition coefficient (Wildman–Crippen LogP) is 1.27. The summed E-state index contributed by atoms with van der Waals surface area (Å²) < 4.78 is 12.6. The SMILES string of the molecule is CC(O)(CF)c1ccc(N2CCNCC2)cc1. The van der Waals surface area contributed by atoms with E-state index in [0.29, 0.717) is 5.56 Å². The maximum absolute atomic E-state index is 12.6. The third-order valence-electron chi connectivity index (χ3n) is 3.23. The average Bonchev–Trinajstić information content (AvgIpc) is 2.40. The molecule has 1 saturated heterocycles. The number of hydrogen-bond donors (Lipinski definition) is 2. The maximum atomic E-state index is 12.6. The number of hydrogen-bond acceptors (Lipinski definition) is 3. The van der Waals surface area contributed by atoms with E-state index >= 15 is 0 Å². The molecule has 1 heterocycles. The number of alkyl halides is 1. The van der Waals surface area contributed by atoms with E-state index < -0.39 is 12.3 Å². The zero-order valence-corrected chi connectivity index (χ0v) is 10.1. The maximum Gasteiger partial charge on any atom is 0.122 e. The van der Waals surface area contributed by atoms with Crippen LogP contribution in [0.4, 0.5) is 10.1 Å². The fourth-order valence-electron chi connectivity index (χ4n) is 2.03. The molecule has 1 aromatic rings. The van der Waals surface area contributed by atoms with Gasteiger partial charge in [0.25, 0.3) is 0 Å². The first kappa shape index (κ1) is 12.3. The molecule has 4 heteroatoms. The van der Waals surface area contributed by atoms with Crippen molar-refractivity contribution < 1.29 is 9.50 Å². The molecule has 1 aliphatic heterocycles. The van der Waals surface area contributed by atoms with Crippen molar-refractivity contribution in [3.05, 3.63) is 29.8 Å². The summed E-state index contributed by atoms with van der Waals surface area (Å²) in [6, 6.07) is 7.50. The van der Waals surface area contributed by atoms with Gasteiger partial charge in [-0.25, -0.2) is 4.39 Å². The molecular formula is C13H19FN2O. The molecule has 1 fully saturated rings. The summed E-state index contributed by atoms with van der Waals surface area (Å²) >= 11 is 0. The minimum absolute atomic E-state index is 0.624. The summed E-state index contributed by atoms with van der Waals surface area (Å²) in [5.41, 5.74) is 0.380. The largest absolute Gasteiger partial charge is 0.383 e. The smallest absolute Gasteiger partial charge is 0.122 e. The Morgan fingerprint density at radius 2 is 1.88 bits per heavy atom. The van der Waals surface area contributed by atoms with E-state index in [0.717, 1.165) is 31.9 Å². The summed E-state index contributed by atoms with van der Waals surface area (Å²) in [4.78, 5) is 2.28. The minimum atomic E-state index is -1.37. The molecule has 3 nitrogen and oxygen atoms in total. The van der Waals surface area contributed by atoms with Gasteiger partial charge in [-0.3, -0.25) is 0 Å². The summed E-state index contributed by atoms with van der Waals surface area (Å²) in [6.45, 7) is 4.68. The van der Waals surface area contributed by atoms with Crippen LogP contribution in [-0.4, -0.2) is 38.0 Å². The van der Waals surface area contributed by atoms with Gasteiger partial charge in [-0.2, -0.15) is 0 Å². The van der Waals surface area contributed by atoms with Crippen LogP contribution in [0.3, 0.4) is 0 Å². The number of rotatable bonds is 3. The Labute approximate surface area is 101 Å². The van der Waals surface area contributed by atoms with Gasteiger partial charge in [-0.1, -0.05) is 12.1 Å². The summed E-state index contributed by atoms with van der Waals surface area (Å²) in [7, 11) is 0. The van der Waals surface area contributed by atoms with E-state index in [1.54, 1.807) is 12.1 Å². The molecule has 0 spiro atoms. The molecule has 2 rings (SSSR count). The van der Waals surface area contributed by atoms with Crippen LogP contribution in [0.5, 0.6) is 0 Å². The van der Waals surface area contributed by atoms with E-state index in [2.05, 4.69) is 10.2 Å². The van der Waals surface area contributed by atoms with E-state index in [9.17, 15) is 9.50 Å². The van der Waals surface area contributed by atoms with Crippen molar-refractivity contribution in [1.29, 1.82) is 0 Å². The Bertz CT molecular complexity index is 358. The zero-order chi connectivity index (χ0) is 12.3. The monoisotopic (exact) mass is 238 g/mol. The van der Waals surface area contributed by atoms with Crippen molar-refractivity contribution in [2.75, 3.05) is 37.8 Å². The van der Waals surface area contributed by atoms with Gasteiger partial charge in [0, 0.05) is 31.9 Å². The number of aliphatic hydroxyl groups is 1. The van der Waals surface area contributed by atoms with E-state index in [4.69, 9.17) is 0 Å². The summed E-state index contributed by atoms with van der Waals surface area (Å²) in [5.74, 6) is 0. The Balaban J connectivity index is 2.12. The van der Waals surface area contributed by atoms with Gasteiger partial charge < -0.3 is 15.3 Å². The Morgan fingerprint density at radius 1 is 1.29 bits per heavy atom. The lowest BCUT2D eigenvalue weighted by atomic mass is 9.97.